The molecular weight excluding hydrogens is 330 g/mol. The fourth-order valence-corrected chi connectivity index (χ4v) is 3.25. The first-order valence-electron chi connectivity index (χ1n) is 8.53. The van der Waals surface area contributed by atoms with Crippen LogP contribution in [-0.4, -0.2) is 24.7 Å². The molecule has 0 radical (unpaired) electrons. The zero-order chi connectivity index (χ0) is 17.9. The Hall–Kier alpha value is -3.08. The summed E-state index contributed by atoms with van der Waals surface area (Å²) < 4.78 is 16.4. The molecule has 2 heterocycles. The Bertz CT molecular complexity index is 948. The van der Waals surface area contributed by atoms with Crippen molar-refractivity contribution in [3.63, 3.8) is 0 Å². The summed E-state index contributed by atoms with van der Waals surface area (Å²) in [5.74, 6) is 1.31. The van der Waals surface area contributed by atoms with Crippen LogP contribution in [0.1, 0.15) is 23.5 Å². The number of pyridine rings is 1. The number of methoxy groups -OCH3 is 1. The highest BCUT2D eigenvalue weighted by molar-refractivity contribution is 5.81. The number of ether oxygens (including phenoxy) is 3. The molecule has 0 N–H and O–H groups in total. The summed E-state index contributed by atoms with van der Waals surface area (Å²) >= 11 is 0. The van der Waals surface area contributed by atoms with E-state index in [0.717, 1.165) is 33.5 Å². The minimum Gasteiger partial charge on any atom is -0.492 e. The van der Waals surface area contributed by atoms with Gasteiger partial charge < -0.3 is 14.2 Å². The van der Waals surface area contributed by atoms with Gasteiger partial charge in [0.05, 0.1) is 25.7 Å². The Kier molecular flexibility index (Phi) is 4.44. The second-order valence-corrected chi connectivity index (χ2v) is 6.27. The van der Waals surface area contributed by atoms with Gasteiger partial charge in [0, 0.05) is 34.7 Å². The van der Waals surface area contributed by atoms with E-state index in [1.165, 1.54) is 7.11 Å². The Morgan fingerprint density at radius 1 is 1.23 bits per heavy atom. The Balaban J connectivity index is 1.49. The van der Waals surface area contributed by atoms with Crippen molar-refractivity contribution in [1.29, 1.82) is 0 Å². The van der Waals surface area contributed by atoms with E-state index in [-0.39, 0.29) is 11.9 Å². The molecule has 0 bridgehead atoms. The lowest BCUT2D eigenvalue weighted by atomic mass is 9.98. The standard InChI is InChI=1S/C21H19NO4/c1-24-20(23)10-16-13-26-19-11-17(7-8-18(16)19)25-12-15-5-2-4-14-6-3-9-22-21(14)15/h2-9,11,16H,10,12-13H2,1H3/t16-/m0/s1. The summed E-state index contributed by atoms with van der Waals surface area (Å²) in [6.07, 6.45) is 2.11. The Labute approximate surface area is 151 Å². The highest BCUT2D eigenvalue weighted by Crippen LogP contribution is 2.38. The molecule has 0 aliphatic carbocycles. The van der Waals surface area contributed by atoms with Gasteiger partial charge in [-0.15, -0.1) is 0 Å². The number of hydrogen-bond acceptors (Lipinski definition) is 5. The second-order valence-electron chi connectivity index (χ2n) is 6.27. The first-order chi connectivity index (χ1) is 12.7. The van der Waals surface area contributed by atoms with Crippen molar-refractivity contribution in [2.45, 2.75) is 18.9 Å². The molecule has 0 spiro atoms. The Morgan fingerprint density at radius 2 is 2.12 bits per heavy atom. The van der Waals surface area contributed by atoms with Crippen molar-refractivity contribution in [2.24, 2.45) is 0 Å². The average Bonchev–Trinajstić information content (AvgIpc) is 3.08. The lowest BCUT2D eigenvalue weighted by Gasteiger charge is -2.10. The molecule has 4 rings (SSSR count). The number of benzene rings is 2. The minimum absolute atomic E-state index is 0.0359. The molecule has 1 aliphatic rings. The largest absolute Gasteiger partial charge is 0.492 e. The second kappa shape index (κ2) is 7.04. The van der Waals surface area contributed by atoms with E-state index in [9.17, 15) is 4.79 Å². The minimum atomic E-state index is -0.227. The summed E-state index contributed by atoms with van der Waals surface area (Å²) in [6.45, 7) is 0.917. The third-order valence-corrected chi connectivity index (χ3v) is 4.62. The molecule has 0 amide bonds. The van der Waals surface area contributed by atoms with E-state index < -0.39 is 0 Å². The predicted molar refractivity (Wildman–Crippen MR) is 97.4 cm³/mol. The topological polar surface area (TPSA) is 57.7 Å². The average molecular weight is 349 g/mol. The van der Waals surface area contributed by atoms with Gasteiger partial charge in [-0.3, -0.25) is 9.78 Å². The monoisotopic (exact) mass is 349 g/mol. The van der Waals surface area contributed by atoms with Gasteiger partial charge in [0.2, 0.25) is 0 Å². The normalized spacial score (nSPS) is 15.3. The number of esters is 1. The summed E-state index contributed by atoms with van der Waals surface area (Å²) in [7, 11) is 1.40. The summed E-state index contributed by atoms with van der Waals surface area (Å²) in [5, 5.41) is 1.09. The lowest BCUT2D eigenvalue weighted by Crippen LogP contribution is -2.09. The first-order valence-corrected chi connectivity index (χ1v) is 8.53. The molecule has 2 aromatic carbocycles. The molecular formula is C21H19NO4. The molecule has 0 fully saturated rings. The third kappa shape index (κ3) is 3.20. The molecule has 0 unspecified atom stereocenters. The van der Waals surface area contributed by atoms with E-state index in [0.29, 0.717) is 19.6 Å². The third-order valence-electron chi connectivity index (χ3n) is 4.62. The SMILES string of the molecule is COC(=O)C[C@H]1COc2cc(OCc3cccc4cccnc34)ccc21. The first kappa shape index (κ1) is 16.4. The van der Waals surface area contributed by atoms with Crippen LogP contribution in [0.4, 0.5) is 0 Å². The van der Waals surface area contributed by atoms with E-state index in [2.05, 4.69) is 4.98 Å². The highest BCUT2D eigenvalue weighted by Gasteiger charge is 2.27. The number of rotatable bonds is 5. The fourth-order valence-electron chi connectivity index (χ4n) is 3.25. The number of carbonyl (C=O) groups is 1. The van der Waals surface area contributed by atoms with Gasteiger partial charge in [-0.05, 0) is 12.1 Å². The smallest absolute Gasteiger partial charge is 0.306 e. The van der Waals surface area contributed by atoms with Gasteiger partial charge in [0.25, 0.3) is 0 Å². The van der Waals surface area contributed by atoms with E-state index in [1.807, 2.05) is 48.5 Å². The summed E-state index contributed by atoms with van der Waals surface area (Å²) in [6, 6.07) is 15.8. The van der Waals surface area contributed by atoms with E-state index >= 15 is 0 Å². The van der Waals surface area contributed by atoms with Gasteiger partial charge >= 0.3 is 5.97 Å². The number of aromatic nitrogens is 1. The van der Waals surface area contributed by atoms with Crippen LogP contribution in [0.25, 0.3) is 10.9 Å². The molecule has 5 heteroatoms. The summed E-state index contributed by atoms with van der Waals surface area (Å²) in [5.41, 5.74) is 3.01. The zero-order valence-corrected chi connectivity index (χ0v) is 14.5. The van der Waals surface area contributed by atoms with Crippen LogP contribution in [0.5, 0.6) is 11.5 Å². The van der Waals surface area contributed by atoms with Crippen LogP contribution in [-0.2, 0) is 16.1 Å². The maximum Gasteiger partial charge on any atom is 0.306 e. The van der Waals surface area contributed by atoms with Crippen molar-refractivity contribution in [1.82, 2.24) is 4.98 Å². The molecule has 1 aromatic heterocycles. The van der Waals surface area contributed by atoms with Crippen molar-refractivity contribution in [3.05, 3.63) is 65.9 Å². The molecule has 26 heavy (non-hydrogen) atoms. The van der Waals surface area contributed by atoms with Crippen molar-refractivity contribution < 1.29 is 19.0 Å². The van der Waals surface area contributed by atoms with Gasteiger partial charge in [0.1, 0.15) is 18.1 Å². The van der Waals surface area contributed by atoms with Crippen LogP contribution in [0.15, 0.2) is 54.7 Å². The van der Waals surface area contributed by atoms with Gasteiger partial charge in [-0.1, -0.05) is 30.3 Å². The van der Waals surface area contributed by atoms with Crippen LogP contribution >= 0.6 is 0 Å². The number of hydrogen-bond donors (Lipinski definition) is 0. The number of para-hydroxylation sites is 1. The maximum atomic E-state index is 11.5. The van der Waals surface area contributed by atoms with E-state index in [1.54, 1.807) is 6.20 Å². The quantitative estimate of drug-likeness (QED) is 0.655. The highest BCUT2D eigenvalue weighted by atomic mass is 16.5. The Morgan fingerprint density at radius 3 is 3.00 bits per heavy atom. The van der Waals surface area contributed by atoms with Crippen LogP contribution in [0, 0.1) is 0 Å². The van der Waals surface area contributed by atoms with Crippen molar-refractivity contribution in [2.75, 3.05) is 13.7 Å². The van der Waals surface area contributed by atoms with Crippen LogP contribution in [0.3, 0.4) is 0 Å². The molecule has 3 aromatic rings. The molecule has 5 nitrogen and oxygen atoms in total. The van der Waals surface area contributed by atoms with Gasteiger partial charge in [0.15, 0.2) is 0 Å². The molecule has 0 saturated heterocycles. The molecule has 1 aliphatic heterocycles. The van der Waals surface area contributed by atoms with Crippen molar-refractivity contribution >= 4 is 16.9 Å². The molecule has 132 valence electrons. The fraction of sp³-hybridized carbons (Fsp3) is 0.238. The van der Waals surface area contributed by atoms with Crippen molar-refractivity contribution in [3.8, 4) is 11.5 Å². The molecule has 1 atom stereocenters. The predicted octanol–water partition coefficient (Wildman–Crippen LogP) is 3.85. The lowest BCUT2D eigenvalue weighted by molar-refractivity contribution is -0.141. The molecule has 0 saturated carbocycles. The van der Waals surface area contributed by atoms with Gasteiger partial charge in [-0.2, -0.15) is 0 Å². The maximum absolute atomic E-state index is 11.5. The summed E-state index contributed by atoms with van der Waals surface area (Å²) in [4.78, 5) is 16.0. The number of carbonyl (C=O) groups excluding carboxylic acids is 1. The van der Waals surface area contributed by atoms with Gasteiger partial charge in [-0.25, -0.2) is 0 Å². The van der Waals surface area contributed by atoms with Crippen LogP contribution in [0.2, 0.25) is 0 Å². The van der Waals surface area contributed by atoms with E-state index in [4.69, 9.17) is 14.2 Å². The van der Waals surface area contributed by atoms with Crippen LogP contribution < -0.4 is 9.47 Å². The number of nitrogens with zero attached hydrogens (tertiary/aromatic N) is 1. The number of fused-ring (bicyclic) bond motifs is 2. The zero-order valence-electron chi connectivity index (χ0n) is 14.5.